The molecule has 2 atom stereocenters. The molecule has 5 heteroatoms. The summed E-state index contributed by atoms with van der Waals surface area (Å²) in [4.78, 5) is 23.4. The van der Waals surface area contributed by atoms with Gasteiger partial charge in [0, 0.05) is 23.8 Å². The Morgan fingerprint density at radius 2 is 1.90 bits per heavy atom. The highest BCUT2D eigenvalue weighted by Crippen LogP contribution is 2.35. The molecule has 1 fully saturated rings. The van der Waals surface area contributed by atoms with Crippen LogP contribution in [0.5, 0.6) is 0 Å². The molecule has 2 amide bonds. The minimum Gasteiger partial charge on any atom is -0.296 e. The van der Waals surface area contributed by atoms with Crippen LogP contribution in [0, 0.1) is 5.92 Å². The second-order valence-electron chi connectivity index (χ2n) is 5.09. The van der Waals surface area contributed by atoms with Crippen molar-refractivity contribution < 1.29 is 18.4 Å². The van der Waals surface area contributed by atoms with E-state index in [1.165, 1.54) is 12.1 Å². The van der Waals surface area contributed by atoms with Crippen LogP contribution in [0.25, 0.3) is 0 Å². The van der Waals surface area contributed by atoms with Gasteiger partial charge in [-0.1, -0.05) is 37.6 Å². The van der Waals surface area contributed by atoms with Crippen molar-refractivity contribution in [2.24, 2.45) is 5.92 Å². The molecule has 2 unspecified atom stereocenters. The SMILES string of the molecule is CCCC1C(=O)NC(=O)CC1c1ccc(C(F)F)cc1. The Kier molecular flexibility index (Phi) is 4.47. The molecule has 0 aromatic heterocycles. The lowest BCUT2D eigenvalue weighted by molar-refractivity contribution is -0.137. The van der Waals surface area contributed by atoms with Crippen molar-refractivity contribution in [1.82, 2.24) is 5.32 Å². The Morgan fingerprint density at radius 1 is 1.25 bits per heavy atom. The molecule has 0 spiro atoms. The van der Waals surface area contributed by atoms with E-state index in [0.29, 0.717) is 6.42 Å². The minimum atomic E-state index is -2.51. The summed E-state index contributed by atoms with van der Waals surface area (Å²) in [5.74, 6) is -1.05. The summed E-state index contributed by atoms with van der Waals surface area (Å²) in [5, 5.41) is 2.35. The minimum absolute atomic E-state index is 0.0487. The highest BCUT2D eigenvalue weighted by Gasteiger charge is 2.35. The molecule has 3 nitrogen and oxygen atoms in total. The normalized spacial score (nSPS) is 23.0. The molecular formula is C15H17F2NO2. The molecule has 20 heavy (non-hydrogen) atoms. The van der Waals surface area contributed by atoms with Gasteiger partial charge in [-0.2, -0.15) is 0 Å². The number of alkyl halides is 2. The van der Waals surface area contributed by atoms with Gasteiger partial charge < -0.3 is 0 Å². The Morgan fingerprint density at radius 3 is 2.45 bits per heavy atom. The van der Waals surface area contributed by atoms with Gasteiger partial charge in [-0.3, -0.25) is 14.9 Å². The predicted octanol–water partition coefficient (Wildman–Crippen LogP) is 3.17. The number of piperidine rings is 1. The monoisotopic (exact) mass is 281 g/mol. The highest BCUT2D eigenvalue weighted by molar-refractivity contribution is 5.99. The lowest BCUT2D eigenvalue weighted by Gasteiger charge is -2.30. The molecule has 108 valence electrons. The molecule has 1 saturated heterocycles. The smallest absolute Gasteiger partial charge is 0.263 e. The maximum atomic E-state index is 12.5. The number of benzene rings is 1. The third-order valence-corrected chi connectivity index (χ3v) is 3.71. The van der Waals surface area contributed by atoms with Crippen molar-refractivity contribution in [2.75, 3.05) is 0 Å². The quantitative estimate of drug-likeness (QED) is 0.862. The van der Waals surface area contributed by atoms with E-state index in [9.17, 15) is 18.4 Å². The van der Waals surface area contributed by atoms with E-state index in [0.717, 1.165) is 12.0 Å². The Balaban J connectivity index is 2.26. The molecular weight excluding hydrogens is 264 g/mol. The van der Waals surface area contributed by atoms with E-state index >= 15 is 0 Å². The fourth-order valence-electron chi connectivity index (χ4n) is 2.69. The van der Waals surface area contributed by atoms with E-state index in [4.69, 9.17) is 0 Å². The van der Waals surface area contributed by atoms with Crippen LogP contribution in [0.4, 0.5) is 8.78 Å². The van der Waals surface area contributed by atoms with Gasteiger partial charge in [-0.25, -0.2) is 8.78 Å². The summed E-state index contributed by atoms with van der Waals surface area (Å²) in [7, 11) is 0. The van der Waals surface area contributed by atoms with Crippen LogP contribution < -0.4 is 5.32 Å². The molecule has 1 N–H and O–H groups in total. The second-order valence-corrected chi connectivity index (χ2v) is 5.09. The van der Waals surface area contributed by atoms with Crippen molar-refractivity contribution >= 4 is 11.8 Å². The van der Waals surface area contributed by atoms with Crippen LogP contribution in [0.2, 0.25) is 0 Å². The number of hydrogen-bond donors (Lipinski definition) is 1. The van der Waals surface area contributed by atoms with Crippen LogP contribution in [0.3, 0.4) is 0 Å². The number of halogens is 2. The largest absolute Gasteiger partial charge is 0.296 e. The summed E-state index contributed by atoms with van der Waals surface area (Å²) in [6, 6.07) is 5.92. The number of rotatable bonds is 4. The molecule has 2 rings (SSSR count). The average molecular weight is 281 g/mol. The number of nitrogens with one attached hydrogen (secondary N) is 1. The number of hydrogen-bond acceptors (Lipinski definition) is 2. The maximum Gasteiger partial charge on any atom is 0.263 e. The first-order valence-corrected chi connectivity index (χ1v) is 6.74. The standard InChI is InChI=1S/C15H17F2NO2/c1-2-3-11-12(8-13(19)18-15(11)20)9-4-6-10(7-5-9)14(16)17/h4-7,11-12,14H,2-3,8H2,1H3,(H,18,19,20). The van der Waals surface area contributed by atoms with E-state index in [2.05, 4.69) is 5.32 Å². The van der Waals surface area contributed by atoms with Gasteiger partial charge in [0.1, 0.15) is 0 Å². The Hall–Kier alpha value is -1.78. The van der Waals surface area contributed by atoms with Crippen LogP contribution in [0.15, 0.2) is 24.3 Å². The van der Waals surface area contributed by atoms with E-state index in [1.54, 1.807) is 12.1 Å². The van der Waals surface area contributed by atoms with Crippen molar-refractivity contribution in [2.45, 2.75) is 38.5 Å². The molecule has 1 heterocycles. The Bertz CT molecular complexity index is 499. The van der Waals surface area contributed by atoms with Crippen molar-refractivity contribution in [3.8, 4) is 0 Å². The first kappa shape index (κ1) is 14.6. The van der Waals surface area contributed by atoms with Crippen LogP contribution >= 0.6 is 0 Å². The first-order valence-electron chi connectivity index (χ1n) is 6.74. The summed E-state index contributed by atoms with van der Waals surface area (Å²) >= 11 is 0. The van der Waals surface area contributed by atoms with Crippen molar-refractivity contribution in [1.29, 1.82) is 0 Å². The average Bonchev–Trinajstić information content (AvgIpc) is 2.41. The summed E-state index contributed by atoms with van der Waals surface area (Å²) in [6.45, 7) is 1.97. The molecule has 0 saturated carbocycles. The summed E-state index contributed by atoms with van der Waals surface area (Å²) in [5.41, 5.74) is 0.725. The van der Waals surface area contributed by atoms with Gasteiger partial charge in [-0.05, 0) is 12.0 Å². The van der Waals surface area contributed by atoms with Crippen molar-refractivity contribution in [3.63, 3.8) is 0 Å². The molecule has 1 aliphatic heterocycles. The van der Waals surface area contributed by atoms with Crippen LogP contribution in [0.1, 0.15) is 49.7 Å². The predicted molar refractivity (Wildman–Crippen MR) is 70.3 cm³/mol. The lowest BCUT2D eigenvalue weighted by Crippen LogP contribution is -2.44. The van der Waals surface area contributed by atoms with E-state index < -0.39 is 6.43 Å². The number of amides is 2. The fraction of sp³-hybridized carbons (Fsp3) is 0.467. The van der Waals surface area contributed by atoms with Gasteiger partial charge in [0.05, 0.1) is 0 Å². The molecule has 1 aromatic rings. The zero-order valence-corrected chi connectivity index (χ0v) is 11.2. The molecule has 1 aliphatic rings. The van der Waals surface area contributed by atoms with Gasteiger partial charge in [0.25, 0.3) is 6.43 Å². The molecule has 0 aliphatic carbocycles. The zero-order chi connectivity index (χ0) is 14.7. The molecule has 0 radical (unpaired) electrons. The summed E-state index contributed by atoms with van der Waals surface area (Å²) in [6.07, 6.45) is -0.769. The second kappa shape index (κ2) is 6.11. The first-order chi connectivity index (χ1) is 9.52. The van der Waals surface area contributed by atoms with Crippen LogP contribution in [-0.4, -0.2) is 11.8 Å². The number of imide groups is 1. The Labute approximate surface area is 116 Å². The third-order valence-electron chi connectivity index (χ3n) is 3.71. The van der Waals surface area contributed by atoms with Gasteiger partial charge in [0.2, 0.25) is 11.8 Å². The van der Waals surface area contributed by atoms with Crippen molar-refractivity contribution in [3.05, 3.63) is 35.4 Å². The number of carbonyl (C=O) groups excluding carboxylic acids is 2. The third kappa shape index (κ3) is 3.03. The van der Waals surface area contributed by atoms with E-state index in [1.807, 2.05) is 6.92 Å². The highest BCUT2D eigenvalue weighted by atomic mass is 19.3. The van der Waals surface area contributed by atoms with Gasteiger partial charge in [-0.15, -0.1) is 0 Å². The number of carbonyl (C=O) groups is 2. The zero-order valence-electron chi connectivity index (χ0n) is 11.2. The van der Waals surface area contributed by atoms with Gasteiger partial charge >= 0.3 is 0 Å². The molecule has 1 aromatic carbocycles. The maximum absolute atomic E-state index is 12.5. The lowest BCUT2D eigenvalue weighted by atomic mass is 9.78. The van der Waals surface area contributed by atoms with Crippen LogP contribution in [-0.2, 0) is 9.59 Å². The summed E-state index contributed by atoms with van der Waals surface area (Å²) < 4.78 is 25.1. The van der Waals surface area contributed by atoms with E-state index in [-0.39, 0.29) is 35.6 Å². The molecule has 0 bridgehead atoms. The fourth-order valence-corrected chi connectivity index (χ4v) is 2.69. The van der Waals surface area contributed by atoms with Gasteiger partial charge in [0.15, 0.2) is 0 Å². The topological polar surface area (TPSA) is 46.2 Å².